The zero-order chi connectivity index (χ0) is 14.3. The SMILES string of the molecule is CCN(CC(=O)OC)C(C)C(=O)NC1CCCCC1. The van der Waals surface area contributed by atoms with E-state index in [0.717, 1.165) is 12.8 Å². The largest absolute Gasteiger partial charge is 0.468 e. The molecule has 0 heterocycles. The van der Waals surface area contributed by atoms with Crippen LogP contribution in [0.5, 0.6) is 0 Å². The molecular weight excluding hydrogens is 244 g/mol. The highest BCUT2D eigenvalue weighted by atomic mass is 16.5. The smallest absolute Gasteiger partial charge is 0.319 e. The summed E-state index contributed by atoms with van der Waals surface area (Å²) in [6.45, 7) is 4.58. The van der Waals surface area contributed by atoms with Gasteiger partial charge in [0, 0.05) is 6.04 Å². The summed E-state index contributed by atoms with van der Waals surface area (Å²) in [5.74, 6) is -0.295. The normalized spacial score (nSPS) is 18.1. The fraction of sp³-hybridized carbons (Fsp3) is 0.857. The average Bonchev–Trinajstić information content (AvgIpc) is 2.44. The first-order valence-corrected chi connectivity index (χ1v) is 7.19. The van der Waals surface area contributed by atoms with Crippen LogP contribution in [-0.2, 0) is 14.3 Å². The van der Waals surface area contributed by atoms with E-state index >= 15 is 0 Å². The van der Waals surface area contributed by atoms with Crippen LogP contribution in [0.15, 0.2) is 0 Å². The number of ether oxygens (including phenoxy) is 1. The monoisotopic (exact) mass is 270 g/mol. The third-order valence-electron chi connectivity index (χ3n) is 3.84. The van der Waals surface area contributed by atoms with Crippen LogP contribution in [0.25, 0.3) is 0 Å². The minimum Gasteiger partial charge on any atom is -0.468 e. The summed E-state index contributed by atoms with van der Waals surface area (Å²) in [6.07, 6.45) is 5.80. The highest BCUT2D eigenvalue weighted by Gasteiger charge is 2.24. The molecule has 0 spiro atoms. The molecule has 0 bridgehead atoms. The number of amides is 1. The van der Waals surface area contributed by atoms with Crippen LogP contribution in [0.3, 0.4) is 0 Å². The van der Waals surface area contributed by atoms with Crippen molar-refractivity contribution in [3.63, 3.8) is 0 Å². The first kappa shape index (κ1) is 16.0. The number of hydrogen-bond acceptors (Lipinski definition) is 4. The predicted octanol–water partition coefficient (Wildman–Crippen LogP) is 1.32. The molecule has 5 heteroatoms. The lowest BCUT2D eigenvalue weighted by molar-refractivity contribution is -0.143. The summed E-state index contributed by atoms with van der Waals surface area (Å²) in [5.41, 5.74) is 0. The van der Waals surface area contributed by atoms with Gasteiger partial charge in [-0.25, -0.2) is 0 Å². The Balaban J connectivity index is 2.45. The summed E-state index contributed by atoms with van der Waals surface area (Å²) < 4.78 is 4.65. The summed E-state index contributed by atoms with van der Waals surface area (Å²) in [6, 6.07) is 0.00607. The Morgan fingerprint density at radius 3 is 2.47 bits per heavy atom. The Morgan fingerprint density at radius 1 is 1.32 bits per heavy atom. The topological polar surface area (TPSA) is 58.6 Å². The van der Waals surface area contributed by atoms with Crippen LogP contribution in [-0.4, -0.2) is 49.1 Å². The molecule has 0 aliphatic heterocycles. The second-order valence-electron chi connectivity index (χ2n) is 5.16. The van der Waals surface area contributed by atoms with Gasteiger partial charge in [-0.3, -0.25) is 14.5 Å². The molecule has 0 aromatic carbocycles. The first-order chi connectivity index (χ1) is 9.08. The fourth-order valence-corrected chi connectivity index (χ4v) is 2.49. The number of carbonyl (C=O) groups is 2. The molecule has 1 rings (SSSR count). The van der Waals surface area contributed by atoms with Gasteiger partial charge in [-0.05, 0) is 26.3 Å². The van der Waals surface area contributed by atoms with E-state index in [4.69, 9.17) is 0 Å². The maximum absolute atomic E-state index is 12.2. The van der Waals surface area contributed by atoms with E-state index in [1.165, 1.54) is 26.4 Å². The lowest BCUT2D eigenvalue weighted by Crippen LogP contribution is -2.50. The van der Waals surface area contributed by atoms with Crippen LogP contribution < -0.4 is 5.32 Å². The Bertz CT molecular complexity index is 301. The number of methoxy groups -OCH3 is 1. The molecule has 1 saturated carbocycles. The highest BCUT2D eigenvalue weighted by molar-refractivity contribution is 5.82. The van der Waals surface area contributed by atoms with Crippen molar-refractivity contribution in [2.75, 3.05) is 20.2 Å². The Hall–Kier alpha value is -1.10. The lowest BCUT2D eigenvalue weighted by atomic mass is 9.95. The molecule has 19 heavy (non-hydrogen) atoms. The number of rotatable bonds is 6. The first-order valence-electron chi connectivity index (χ1n) is 7.19. The van der Waals surface area contributed by atoms with E-state index in [2.05, 4.69) is 10.1 Å². The number of hydrogen-bond donors (Lipinski definition) is 1. The number of esters is 1. The van der Waals surface area contributed by atoms with E-state index in [0.29, 0.717) is 12.6 Å². The molecule has 0 aromatic heterocycles. The van der Waals surface area contributed by atoms with Crippen molar-refractivity contribution in [2.24, 2.45) is 0 Å². The lowest BCUT2D eigenvalue weighted by Gasteiger charge is -2.29. The van der Waals surface area contributed by atoms with Crippen molar-refractivity contribution < 1.29 is 14.3 Å². The molecule has 110 valence electrons. The van der Waals surface area contributed by atoms with Crippen molar-refractivity contribution in [2.45, 2.75) is 58.0 Å². The number of nitrogens with one attached hydrogen (secondary N) is 1. The molecule has 0 aromatic rings. The third kappa shape index (κ3) is 5.19. The molecular formula is C14H26N2O3. The van der Waals surface area contributed by atoms with Crippen LogP contribution >= 0.6 is 0 Å². The molecule has 0 saturated heterocycles. The van der Waals surface area contributed by atoms with Crippen LogP contribution in [0, 0.1) is 0 Å². The quantitative estimate of drug-likeness (QED) is 0.740. The summed E-state index contributed by atoms with van der Waals surface area (Å²) in [5, 5.41) is 3.09. The molecule has 1 aliphatic rings. The molecule has 0 radical (unpaired) electrons. The molecule has 1 fully saturated rings. The van der Waals surface area contributed by atoms with Crippen LogP contribution in [0.2, 0.25) is 0 Å². The zero-order valence-corrected chi connectivity index (χ0v) is 12.3. The van der Waals surface area contributed by atoms with Gasteiger partial charge in [-0.15, -0.1) is 0 Å². The second kappa shape index (κ2) is 8.15. The second-order valence-corrected chi connectivity index (χ2v) is 5.16. The Morgan fingerprint density at radius 2 is 1.95 bits per heavy atom. The van der Waals surface area contributed by atoms with Crippen LogP contribution in [0.4, 0.5) is 0 Å². The van der Waals surface area contributed by atoms with Crippen molar-refractivity contribution >= 4 is 11.9 Å². The van der Waals surface area contributed by atoms with Crippen molar-refractivity contribution in [3.05, 3.63) is 0 Å². The van der Waals surface area contributed by atoms with Gasteiger partial charge in [0.05, 0.1) is 19.7 Å². The molecule has 1 atom stereocenters. The highest BCUT2D eigenvalue weighted by Crippen LogP contribution is 2.17. The van der Waals surface area contributed by atoms with Crippen molar-refractivity contribution in [1.29, 1.82) is 0 Å². The summed E-state index contributed by atoms with van der Waals surface area (Å²) >= 11 is 0. The Kier molecular flexibility index (Phi) is 6.84. The van der Waals surface area contributed by atoms with E-state index in [1.54, 1.807) is 0 Å². The maximum atomic E-state index is 12.2. The molecule has 1 amide bonds. The molecule has 1 unspecified atom stereocenters. The minimum absolute atomic E-state index is 0.0117. The number of carbonyl (C=O) groups excluding carboxylic acids is 2. The van der Waals surface area contributed by atoms with E-state index in [1.807, 2.05) is 18.7 Å². The van der Waals surface area contributed by atoms with Gasteiger partial charge < -0.3 is 10.1 Å². The molecule has 5 nitrogen and oxygen atoms in total. The molecule has 1 aliphatic carbocycles. The number of likely N-dealkylation sites (N-methyl/N-ethyl adjacent to an activating group) is 1. The van der Waals surface area contributed by atoms with Gasteiger partial charge in [0.25, 0.3) is 0 Å². The summed E-state index contributed by atoms with van der Waals surface area (Å²) in [4.78, 5) is 25.3. The van der Waals surface area contributed by atoms with Gasteiger partial charge in [0.1, 0.15) is 0 Å². The maximum Gasteiger partial charge on any atom is 0.319 e. The Labute approximate surface area is 115 Å². The predicted molar refractivity (Wildman–Crippen MR) is 73.7 cm³/mol. The zero-order valence-electron chi connectivity index (χ0n) is 12.3. The summed E-state index contributed by atoms with van der Waals surface area (Å²) in [7, 11) is 1.36. The average molecular weight is 270 g/mol. The molecule has 1 N–H and O–H groups in total. The van der Waals surface area contributed by atoms with Crippen LogP contribution in [0.1, 0.15) is 46.0 Å². The van der Waals surface area contributed by atoms with E-state index < -0.39 is 0 Å². The van der Waals surface area contributed by atoms with Gasteiger partial charge in [0.2, 0.25) is 5.91 Å². The standard InChI is InChI=1S/C14H26N2O3/c1-4-16(10-13(17)19-3)11(2)14(18)15-12-8-6-5-7-9-12/h11-12H,4-10H2,1-3H3,(H,15,18). The fourth-order valence-electron chi connectivity index (χ4n) is 2.49. The van der Waals surface area contributed by atoms with Gasteiger partial charge in [-0.2, -0.15) is 0 Å². The van der Waals surface area contributed by atoms with Gasteiger partial charge >= 0.3 is 5.97 Å². The van der Waals surface area contributed by atoms with E-state index in [-0.39, 0.29) is 24.5 Å². The van der Waals surface area contributed by atoms with Gasteiger partial charge in [-0.1, -0.05) is 26.2 Å². The third-order valence-corrected chi connectivity index (χ3v) is 3.84. The van der Waals surface area contributed by atoms with Crippen molar-refractivity contribution in [1.82, 2.24) is 10.2 Å². The van der Waals surface area contributed by atoms with E-state index in [9.17, 15) is 9.59 Å². The van der Waals surface area contributed by atoms with Gasteiger partial charge in [0.15, 0.2) is 0 Å². The number of nitrogens with zero attached hydrogens (tertiary/aromatic N) is 1. The minimum atomic E-state index is -0.306. The van der Waals surface area contributed by atoms with Crippen molar-refractivity contribution in [3.8, 4) is 0 Å².